The molecule has 0 saturated heterocycles. The summed E-state index contributed by atoms with van der Waals surface area (Å²) >= 11 is 0. The van der Waals surface area contributed by atoms with Gasteiger partial charge in [0.2, 0.25) is 0 Å². The van der Waals surface area contributed by atoms with E-state index in [1.54, 1.807) is 12.1 Å². The van der Waals surface area contributed by atoms with Crippen molar-refractivity contribution in [3.8, 4) is 5.75 Å². The lowest BCUT2D eigenvalue weighted by molar-refractivity contribution is -0.0498. The first-order valence-corrected chi connectivity index (χ1v) is 7.04. The zero-order valence-corrected chi connectivity index (χ0v) is 11.9. The smallest absolute Gasteiger partial charge is 0.387 e. The number of ether oxygens (including phenoxy) is 1. The average Bonchev–Trinajstić information content (AvgIpc) is 2.93. The van der Waals surface area contributed by atoms with E-state index >= 15 is 0 Å². The van der Waals surface area contributed by atoms with Gasteiger partial charge in [-0.05, 0) is 54.7 Å². The van der Waals surface area contributed by atoms with Gasteiger partial charge < -0.3 is 9.64 Å². The molecule has 1 aliphatic carbocycles. The molecule has 2 aromatic rings. The molecule has 0 radical (unpaired) electrons. The molecule has 1 aliphatic rings. The highest BCUT2D eigenvalue weighted by Gasteiger charge is 2.13. The van der Waals surface area contributed by atoms with Gasteiger partial charge in [0.1, 0.15) is 5.75 Å². The van der Waals surface area contributed by atoms with Gasteiger partial charge in [-0.1, -0.05) is 12.1 Å². The summed E-state index contributed by atoms with van der Waals surface area (Å²) in [6.07, 6.45) is 3.48. The van der Waals surface area contributed by atoms with Crippen molar-refractivity contribution in [3.63, 3.8) is 0 Å². The van der Waals surface area contributed by atoms with E-state index in [9.17, 15) is 8.78 Å². The Kier molecular flexibility index (Phi) is 3.78. The van der Waals surface area contributed by atoms with Crippen LogP contribution in [0.1, 0.15) is 17.5 Å². The molecule has 0 heterocycles. The quantitative estimate of drug-likeness (QED) is 0.819. The Morgan fingerprint density at radius 2 is 1.76 bits per heavy atom. The van der Waals surface area contributed by atoms with E-state index in [1.807, 2.05) is 18.0 Å². The highest BCUT2D eigenvalue weighted by Crippen LogP contribution is 2.31. The van der Waals surface area contributed by atoms with Gasteiger partial charge in [0, 0.05) is 24.5 Å². The summed E-state index contributed by atoms with van der Waals surface area (Å²) in [7, 11) is 1.93. The Morgan fingerprint density at radius 1 is 1.00 bits per heavy atom. The summed E-state index contributed by atoms with van der Waals surface area (Å²) in [5, 5.41) is 0. The van der Waals surface area contributed by atoms with Gasteiger partial charge in [0.05, 0.1) is 0 Å². The SMILES string of the molecule is CN(c1cccc(OC(F)F)c1)c1ccc2c(c1)CCC2. The lowest BCUT2D eigenvalue weighted by Gasteiger charge is -2.21. The molecule has 4 heteroatoms. The molecule has 0 unspecified atom stereocenters. The zero-order chi connectivity index (χ0) is 14.8. The van der Waals surface area contributed by atoms with Crippen LogP contribution >= 0.6 is 0 Å². The number of benzene rings is 2. The largest absolute Gasteiger partial charge is 0.435 e. The fraction of sp³-hybridized carbons (Fsp3) is 0.294. The summed E-state index contributed by atoms with van der Waals surface area (Å²) in [5.74, 6) is 0.176. The van der Waals surface area contributed by atoms with Gasteiger partial charge in [0.15, 0.2) is 0 Å². The van der Waals surface area contributed by atoms with E-state index in [0.717, 1.165) is 24.2 Å². The fourth-order valence-corrected chi connectivity index (χ4v) is 2.78. The second kappa shape index (κ2) is 5.72. The third-order valence-corrected chi connectivity index (χ3v) is 3.90. The summed E-state index contributed by atoms with van der Waals surface area (Å²) in [4.78, 5) is 1.98. The average molecular weight is 289 g/mol. The van der Waals surface area contributed by atoms with E-state index in [1.165, 1.54) is 23.6 Å². The number of aryl methyl sites for hydroxylation is 2. The third-order valence-electron chi connectivity index (χ3n) is 3.90. The van der Waals surface area contributed by atoms with Crippen molar-refractivity contribution in [1.29, 1.82) is 0 Å². The van der Waals surface area contributed by atoms with Crippen LogP contribution in [0.4, 0.5) is 20.2 Å². The van der Waals surface area contributed by atoms with Crippen LogP contribution in [0, 0.1) is 0 Å². The van der Waals surface area contributed by atoms with Crippen molar-refractivity contribution >= 4 is 11.4 Å². The number of anilines is 2. The van der Waals surface area contributed by atoms with Gasteiger partial charge >= 0.3 is 6.61 Å². The Morgan fingerprint density at radius 3 is 2.57 bits per heavy atom. The molecule has 2 aromatic carbocycles. The molecule has 0 N–H and O–H groups in total. The van der Waals surface area contributed by atoms with Gasteiger partial charge in [-0.25, -0.2) is 0 Å². The summed E-state index contributed by atoms with van der Waals surface area (Å²) in [5.41, 5.74) is 4.69. The number of halogens is 2. The monoisotopic (exact) mass is 289 g/mol. The number of alkyl halides is 2. The van der Waals surface area contributed by atoms with E-state index in [4.69, 9.17) is 0 Å². The Bertz CT molecular complexity index is 642. The predicted molar refractivity (Wildman–Crippen MR) is 79.6 cm³/mol. The Balaban J connectivity index is 1.86. The molecule has 0 bridgehead atoms. The van der Waals surface area contributed by atoms with Crippen molar-refractivity contribution in [1.82, 2.24) is 0 Å². The molecule has 3 rings (SSSR count). The standard InChI is InChI=1S/C17H17F2NO/c1-20(14-6-3-7-16(11-14)21-17(18)19)15-9-8-12-4-2-5-13(12)10-15/h3,6-11,17H,2,4-5H2,1H3. The number of fused-ring (bicyclic) bond motifs is 1. The van der Waals surface area contributed by atoms with Crippen LogP contribution in [-0.2, 0) is 12.8 Å². The van der Waals surface area contributed by atoms with Crippen LogP contribution in [0.2, 0.25) is 0 Å². The maximum atomic E-state index is 12.3. The molecular weight excluding hydrogens is 272 g/mol. The summed E-state index contributed by atoms with van der Waals surface area (Å²) in [6.45, 7) is -2.80. The van der Waals surface area contributed by atoms with Crippen molar-refractivity contribution in [3.05, 3.63) is 53.6 Å². The Hall–Kier alpha value is -2.10. The predicted octanol–water partition coefficient (Wildman–Crippen LogP) is 4.54. The van der Waals surface area contributed by atoms with Crippen LogP contribution in [0.3, 0.4) is 0 Å². The molecular formula is C17H17F2NO. The molecule has 21 heavy (non-hydrogen) atoms. The summed E-state index contributed by atoms with van der Waals surface area (Å²) in [6, 6.07) is 13.2. The number of nitrogens with zero attached hydrogens (tertiary/aromatic N) is 1. The Labute approximate surface area is 123 Å². The fourth-order valence-electron chi connectivity index (χ4n) is 2.78. The van der Waals surface area contributed by atoms with Gasteiger partial charge in [-0.3, -0.25) is 0 Å². The first-order chi connectivity index (χ1) is 10.1. The van der Waals surface area contributed by atoms with Crippen LogP contribution in [0.25, 0.3) is 0 Å². The number of rotatable bonds is 4. The van der Waals surface area contributed by atoms with E-state index in [-0.39, 0.29) is 5.75 Å². The maximum Gasteiger partial charge on any atom is 0.387 e. The zero-order valence-electron chi connectivity index (χ0n) is 11.9. The van der Waals surface area contributed by atoms with E-state index in [0.29, 0.717) is 0 Å². The van der Waals surface area contributed by atoms with Crippen LogP contribution < -0.4 is 9.64 Å². The number of hydrogen-bond donors (Lipinski definition) is 0. The summed E-state index contributed by atoms with van der Waals surface area (Å²) < 4.78 is 29.0. The van der Waals surface area contributed by atoms with Crippen molar-refractivity contribution in [2.24, 2.45) is 0 Å². The molecule has 0 fully saturated rings. The molecule has 0 amide bonds. The van der Waals surface area contributed by atoms with Gasteiger partial charge in [-0.15, -0.1) is 0 Å². The highest BCUT2D eigenvalue weighted by molar-refractivity contribution is 5.65. The van der Waals surface area contributed by atoms with Crippen LogP contribution in [0.5, 0.6) is 5.75 Å². The normalized spacial score (nSPS) is 13.3. The first kappa shape index (κ1) is 13.9. The third kappa shape index (κ3) is 2.99. The molecule has 0 atom stereocenters. The van der Waals surface area contributed by atoms with Crippen LogP contribution in [0.15, 0.2) is 42.5 Å². The molecule has 0 saturated carbocycles. The van der Waals surface area contributed by atoms with Crippen molar-refractivity contribution in [2.75, 3.05) is 11.9 Å². The van der Waals surface area contributed by atoms with Crippen molar-refractivity contribution in [2.45, 2.75) is 25.9 Å². The van der Waals surface area contributed by atoms with Gasteiger partial charge in [0.25, 0.3) is 0 Å². The molecule has 110 valence electrons. The molecule has 2 nitrogen and oxygen atoms in total. The van der Waals surface area contributed by atoms with E-state index < -0.39 is 6.61 Å². The van der Waals surface area contributed by atoms with Crippen molar-refractivity contribution < 1.29 is 13.5 Å². The highest BCUT2D eigenvalue weighted by atomic mass is 19.3. The van der Waals surface area contributed by atoms with Crippen LogP contribution in [-0.4, -0.2) is 13.7 Å². The molecule has 0 aromatic heterocycles. The lowest BCUT2D eigenvalue weighted by atomic mass is 10.1. The second-order valence-electron chi connectivity index (χ2n) is 5.24. The van der Waals surface area contributed by atoms with E-state index in [2.05, 4.69) is 22.9 Å². The minimum Gasteiger partial charge on any atom is -0.435 e. The maximum absolute atomic E-state index is 12.3. The first-order valence-electron chi connectivity index (χ1n) is 7.04. The second-order valence-corrected chi connectivity index (χ2v) is 5.24. The minimum absolute atomic E-state index is 0.176. The number of hydrogen-bond acceptors (Lipinski definition) is 2. The molecule has 0 spiro atoms. The molecule has 0 aliphatic heterocycles. The van der Waals surface area contributed by atoms with Gasteiger partial charge in [-0.2, -0.15) is 8.78 Å². The topological polar surface area (TPSA) is 12.5 Å². The minimum atomic E-state index is -2.80. The lowest BCUT2D eigenvalue weighted by Crippen LogP contribution is -2.10.